The summed E-state index contributed by atoms with van der Waals surface area (Å²) >= 11 is 0. The SMILES string of the molecule is C=C[C@H](c1ccccc1)c1cc(OC)ccc1O. The fourth-order valence-corrected chi connectivity index (χ4v) is 2.01. The van der Waals surface area contributed by atoms with Gasteiger partial charge in [-0.15, -0.1) is 6.58 Å². The maximum Gasteiger partial charge on any atom is 0.119 e. The predicted molar refractivity (Wildman–Crippen MR) is 73.1 cm³/mol. The summed E-state index contributed by atoms with van der Waals surface area (Å²) < 4.78 is 5.19. The molecule has 0 radical (unpaired) electrons. The molecule has 0 spiro atoms. The highest BCUT2D eigenvalue weighted by Crippen LogP contribution is 2.34. The Labute approximate surface area is 107 Å². The molecule has 0 saturated heterocycles. The lowest BCUT2D eigenvalue weighted by Crippen LogP contribution is -1.98. The third kappa shape index (κ3) is 2.38. The van der Waals surface area contributed by atoms with E-state index in [1.54, 1.807) is 19.2 Å². The molecule has 0 saturated carbocycles. The second-order valence-electron chi connectivity index (χ2n) is 4.05. The molecule has 2 aromatic carbocycles. The van der Waals surface area contributed by atoms with Gasteiger partial charge in [-0.2, -0.15) is 0 Å². The lowest BCUT2D eigenvalue weighted by molar-refractivity contribution is 0.410. The zero-order valence-corrected chi connectivity index (χ0v) is 10.3. The maximum atomic E-state index is 9.99. The highest BCUT2D eigenvalue weighted by molar-refractivity contribution is 5.47. The van der Waals surface area contributed by atoms with Gasteiger partial charge in [0.25, 0.3) is 0 Å². The highest BCUT2D eigenvalue weighted by atomic mass is 16.5. The zero-order chi connectivity index (χ0) is 13.0. The molecule has 0 aromatic heterocycles. The minimum absolute atomic E-state index is 0.0405. The summed E-state index contributed by atoms with van der Waals surface area (Å²) in [5, 5.41) is 9.99. The summed E-state index contributed by atoms with van der Waals surface area (Å²) in [6, 6.07) is 15.2. The van der Waals surface area contributed by atoms with Crippen molar-refractivity contribution in [3.8, 4) is 11.5 Å². The van der Waals surface area contributed by atoms with Crippen molar-refractivity contribution in [2.45, 2.75) is 5.92 Å². The lowest BCUT2D eigenvalue weighted by atomic mass is 9.90. The van der Waals surface area contributed by atoms with Crippen LogP contribution in [0.4, 0.5) is 0 Å². The van der Waals surface area contributed by atoms with Crippen molar-refractivity contribution in [1.82, 2.24) is 0 Å². The van der Waals surface area contributed by atoms with Gasteiger partial charge in [0.2, 0.25) is 0 Å². The summed E-state index contributed by atoms with van der Waals surface area (Å²) in [5.41, 5.74) is 1.90. The Morgan fingerprint density at radius 3 is 2.50 bits per heavy atom. The van der Waals surface area contributed by atoms with Crippen LogP contribution >= 0.6 is 0 Å². The Hall–Kier alpha value is -2.22. The normalized spacial score (nSPS) is 11.8. The van der Waals surface area contributed by atoms with Gasteiger partial charge in [0.15, 0.2) is 0 Å². The van der Waals surface area contributed by atoms with Crippen LogP contribution in [0.2, 0.25) is 0 Å². The number of allylic oxidation sites excluding steroid dienone is 1. The molecule has 0 bridgehead atoms. The Morgan fingerprint density at radius 2 is 1.89 bits per heavy atom. The van der Waals surface area contributed by atoms with E-state index in [0.29, 0.717) is 0 Å². The largest absolute Gasteiger partial charge is 0.508 e. The Morgan fingerprint density at radius 1 is 1.17 bits per heavy atom. The Kier molecular flexibility index (Phi) is 3.68. The van der Waals surface area contributed by atoms with Crippen LogP contribution in [0.5, 0.6) is 11.5 Å². The number of aromatic hydroxyl groups is 1. The molecule has 2 aromatic rings. The Bertz CT molecular complexity index is 532. The molecule has 2 heteroatoms. The van der Waals surface area contributed by atoms with E-state index in [1.165, 1.54) is 0 Å². The molecule has 1 N–H and O–H groups in total. The van der Waals surface area contributed by atoms with Crippen molar-refractivity contribution in [2.24, 2.45) is 0 Å². The number of benzene rings is 2. The standard InChI is InChI=1S/C16H16O2/c1-3-14(12-7-5-4-6-8-12)15-11-13(18-2)9-10-16(15)17/h3-11,14,17H,1H2,2H3/t14-/m1/s1. The van der Waals surface area contributed by atoms with Gasteiger partial charge in [0.1, 0.15) is 11.5 Å². The molecule has 0 aliphatic rings. The lowest BCUT2D eigenvalue weighted by Gasteiger charge is -2.16. The number of rotatable bonds is 4. The molecular formula is C16H16O2. The number of hydrogen-bond acceptors (Lipinski definition) is 2. The summed E-state index contributed by atoms with van der Waals surface area (Å²) in [4.78, 5) is 0. The molecule has 0 fully saturated rings. The second-order valence-corrected chi connectivity index (χ2v) is 4.05. The van der Waals surface area contributed by atoms with Crippen LogP contribution < -0.4 is 4.74 Å². The van der Waals surface area contributed by atoms with Crippen LogP contribution in [-0.2, 0) is 0 Å². The van der Waals surface area contributed by atoms with Crippen molar-refractivity contribution >= 4 is 0 Å². The average molecular weight is 240 g/mol. The molecule has 0 heterocycles. The molecule has 18 heavy (non-hydrogen) atoms. The average Bonchev–Trinajstić information content (AvgIpc) is 2.43. The van der Waals surface area contributed by atoms with Crippen molar-refractivity contribution in [2.75, 3.05) is 7.11 Å². The van der Waals surface area contributed by atoms with Gasteiger partial charge < -0.3 is 9.84 Å². The Balaban J connectivity index is 2.48. The van der Waals surface area contributed by atoms with Crippen LogP contribution in [0.25, 0.3) is 0 Å². The van der Waals surface area contributed by atoms with Crippen LogP contribution in [-0.4, -0.2) is 12.2 Å². The van der Waals surface area contributed by atoms with E-state index >= 15 is 0 Å². The molecule has 1 atom stereocenters. The summed E-state index contributed by atoms with van der Waals surface area (Å²) in [5.74, 6) is 0.941. The van der Waals surface area contributed by atoms with Gasteiger partial charge >= 0.3 is 0 Å². The van der Waals surface area contributed by atoms with Gasteiger partial charge in [0, 0.05) is 11.5 Å². The van der Waals surface area contributed by atoms with Crippen LogP contribution in [0.1, 0.15) is 17.0 Å². The van der Waals surface area contributed by atoms with Gasteiger partial charge in [-0.05, 0) is 23.8 Å². The second kappa shape index (κ2) is 5.41. The number of methoxy groups -OCH3 is 1. The predicted octanol–water partition coefficient (Wildman–Crippen LogP) is 3.72. The van der Waals surface area contributed by atoms with Crippen molar-refractivity contribution in [3.63, 3.8) is 0 Å². The van der Waals surface area contributed by atoms with E-state index < -0.39 is 0 Å². The molecular weight excluding hydrogens is 224 g/mol. The number of phenolic OH excluding ortho intramolecular Hbond substituents is 1. The monoisotopic (exact) mass is 240 g/mol. The first-order chi connectivity index (χ1) is 8.76. The smallest absolute Gasteiger partial charge is 0.119 e. The highest BCUT2D eigenvalue weighted by Gasteiger charge is 2.15. The molecule has 0 unspecified atom stereocenters. The summed E-state index contributed by atoms with van der Waals surface area (Å²) in [6.45, 7) is 3.86. The summed E-state index contributed by atoms with van der Waals surface area (Å²) in [7, 11) is 1.61. The number of phenols is 1. The first-order valence-corrected chi connectivity index (χ1v) is 5.80. The third-order valence-electron chi connectivity index (χ3n) is 2.96. The fraction of sp³-hybridized carbons (Fsp3) is 0.125. The van der Waals surface area contributed by atoms with E-state index in [9.17, 15) is 5.11 Å². The van der Waals surface area contributed by atoms with Gasteiger partial charge in [-0.25, -0.2) is 0 Å². The fourth-order valence-electron chi connectivity index (χ4n) is 2.01. The van der Waals surface area contributed by atoms with E-state index in [2.05, 4.69) is 6.58 Å². The molecule has 0 aliphatic carbocycles. The minimum atomic E-state index is -0.0405. The first kappa shape index (κ1) is 12.2. The van der Waals surface area contributed by atoms with Crippen molar-refractivity contribution in [1.29, 1.82) is 0 Å². The topological polar surface area (TPSA) is 29.5 Å². The van der Waals surface area contributed by atoms with E-state index in [1.807, 2.05) is 42.5 Å². The van der Waals surface area contributed by atoms with Gasteiger partial charge in [-0.3, -0.25) is 0 Å². The van der Waals surface area contributed by atoms with Crippen LogP contribution in [0.3, 0.4) is 0 Å². The van der Waals surface area contributed by atoms with E-state index in [-0.39, 0.29) is 11.7 Å². The molecule has 0 aliphatic heterocycles. The van der Waals surface area contributed by atoms with Crippen LogP contribution in [0, 0.1) is 0 Å². The zero-order valence-electron chi connectivity index (χ0n) is 10.3. The third-order valence-corrected chi connectivity index (χ3v) is 2.96. The molecule has 0 amide bonds. The maximum absolute atomic E-state index is 9.99. The molecule has 92 valence electrons. The molecule has 2 rings (SSSR count). The first-order valence-electron chi connectivity index (χ1n) is 5.80. The number of hydrogen-bond donors (Lipinski definition) is 1. The molecule has 2 nitrogen and oxygen atoms in total. The quantitative estimate of drug-likeness (QED) is 0.825. The van der Waals surface area contributed by atoms with Crippen molar-refractivity contribution in [3.05, 3.63) is 72.3 Å². The van der Waals surface area contributed by atoms with Crippen LogP contribution in [0.15, 0.2) is 61.2 Å². The van der Waals surface area contributed by atoms with Gasteiger partial charge in [-0.1, -0.05) is 36.4 Å². The summed E-state index contributed by atoms with van der Waals surface area (Å²) in [6.07, 6.45) is 1.82. The van der Waals surface area contributed by atoms with E-state index in [0.717, 1.165) is 16.9 Å². The van der Waals surface area contributed by atoms with Crippen molar-refractivity contribution < 1.29 is 9.84 Å². The van der Waals surface area contributed by atoms with E-state index in [4.69, 9.17) is 4.74 Å². The number of ether oxygens (including phenoxy) is 1. The minimum Gasteiger partial charge on any atom is -0.508 e. The van der Waals surface area contributed by atoms with Gasteiger partial charge in [0.05, 0.1) is 7.11 Å².